The van der Waals surface area contributed by atoms with E-state index in [4.69, 9.17) is 11.6 Å². The van der Waals surface area contributed by atoms with Crippen molar-refractivity contribution >= 4 is 90.6 Å². The van der Waals surface area contributed by atoms with E-state index in [1.165, 1.54) is 66.0 Å². The lowest BCUT2D eigenvalue weighted by molar-refractivity contribution is 0.569. The van der Waals surface area contributed by atoms with Gasteiger partial charge in [0, 0.05) is 66.5 Å². The van der Waals surface area contributed by atoms with E-state index in [1.54, 1.807) is 0 Å². The van der Waals surface area contributed by atoms with Crippen molar-refractivity contribution in [1.82, 2.24) is 4.57 Å². The molecule has 0 saturated carbocycles. The number of hydrogen-bond donors (Lipinski definition) is 0. The van der Waals surface area contributed by atoms with E-state index in [1.807, 2.05) is 0 Å². The van der Waals surface area contributed by atoms with E-state index < -0.39 is 0 Å². The third-order valence-electron chi connectivity index (χ3n) is 19.6. The average Bonchev–Trinajstić information content (AvgIpc) is 0.849. The van der Waals surface area contributed by atoms with Gasteiger partial charge in [-0.15, -0.1) is 0 Å². The van der Waals surface area contributed by atoms with Crippen LogP contribution in [0.15, 0.2) is 261 Å². The Morgan fingerprint density at radius 1 is 0.290 bits per heavy atom. The minimum absolute atomic E-state index is 0.0438. The van der Waals surface area contributed by atoms with Gasteiger partial charge in [-0.1, -0.05) is 301 Å². The Kier molecular flexibility index (Phi) is 14.3. The van der Waals surface area contributed by atoms with Crippen LogP contribution in [0.5, 0.6) is 0 Å². The van der Waals surface area contributed by atoms with Gasteiger partial charge in [-0.3, -0.25) is 0 Å². The van der Waals surface area contributed by atoms with Gasteiger partial charge in [0.1, 0.15) is 0 Å². The molecule has 2 aliphatic rings. The quantitative estimate of drug-likeness (QED) is 0.141. The standard InChI is InChI=1S/C88H79BClN3/c1-85(2,3)62-40-45-76-72(51-62)73-52-63(86(4,5)6)41-46-77(73)91(76)67-42-44-75-79(55-67)93(84-70(58-31-21-15-22-32-58)37-26-38-71(84)59-33-23-16-24-34-59)81-54-66(90)53-80-82(81)89(75)74-43-39-60(61-47-64(87(7,8)9)50-65(48-61)88(10,11)12)49-78(74)92(80)83-68(56-27-17-13-18-28-56)35-25-36-69(83)57-29-19-14-20-30-57/h13-55H,1-12H3. The molecule has 0 aliphatic carbocycles. The summed E-state index contributed by atoms with van der Waals surface area (Å²) in [6.07, 6.45) is 0. The first kappa shape index (κ1) is 59.7. The number of halogens is 1. The summed E-state index contributed by atoms with van der Waals surface area (Å²) in [5.74, 6) is 0. The summed E-state index contributed by atoms with van der Waals surface area (Å²) in [4.78, 5) is 5.19. The number of fused-ring (bicyclic) bond motifs is 7. The van der Waals surface area contributed by atoms with Gasteiger partial charge in [-0.2, -0.15) is 0 Å². The summed E-state index contributed by atoms with van der Waals surface area (Å²) in [6, 6.07) is 98.3. The van der Waals surface area contributed by atoms with Crippen LogP contribution in [-0.4, -0.2) is 11.3 Å². The lowest BCUT2D eigenvalue weighted by Crippen LogP contribution is -2.61. The number of benzene rings is 12. The maximum absolute atomic E-state index is 8.04. The molecule has 3 nitrogen and oxygen atoms in total. The van der Waals surface area contributed by atoms with Crippen molar-refractivity contribution in [2.75, 3.05) is 9.80 Å². The zero-order chi connectivity index (χ0) is 64.5. The number of para-hydroxylation sites is 2. The van der Waals surface area contributed by atoms with Gasteiger partial charge < -0.3 is 14.4 Å². The van der Waals surface area contributed by atoms with Gasteiger partial charge >= 0.3 is 0 Å². The van der Waals surface area contributed by atoms with E-state index >= 15 is 0 Å². The van der Waals surface area contributed by atoms with Gasteiger partial charge in [0.05, 0.1) is 22.4 Å². The van der Waals surface area contributed by atoms with E-state index in [2.05, 4.69) is 358 Å². The molecule has 0 N–H and O–H groups in total. The summed E-state index contributed by atoms with van der Waals surface area (Å²) in [6.45, 7) is 27.7. The summed E-state index contributed by atoms with van der Waals surface area (Å²) in [5, 5.41) is 3.16. The Labute approximate surface area is 555 Å². The normalized spacial score (nSPS) is 13.2. The zero-order valence-corrected chi connectivity index (χ0v) is 56.4. The number of aromatic nitrogens is 1. The highest BCUT2D eigenvalue weighted by molar-refractivity contribution is 7.00. The van der Waals surface area contributed by atoms with Gasteiger partial charge in [0.15, 0.2) is 0 Å². The fourth-order valence-corrected chi connectivity index (χ4v) is 14.8. The molecule has 0 radical (unpaired) electrons. The van der Waals surface area contributed by atoms with Crippen LogP contribution in [-0.2, 0) is 21.7 Å². The molecular weight excluding hydrogens is 1150 g/mol. The van der Waals surface area contributed by atoms with Gasteiger partial charge in [0.2, 0.25) is 0 Å². The van der Waals surface area contributed by atoms with Crippen LogP contribution in [0.1, 0.15) is 105 Å². The van der Waals surface area contributed by atoms with Crippen LogP contribution in [0.25, 0.3) is 83.1 Å². The first-order valence-corrected chi connectivity index (χ1v) is 33.4. The first-order chi connectivity index (χ1) is 44.6. The van der Waals surface area contributed by atoms with Crippen molar-refractivity contribution in [2.24, 2.45) is 0 Å². The minimum Gasteiger partial charge on any atom is -0.310 e. The van der Waals surface area contributed by atoms with Gasteiger partial charge in [-0.25, -0.2) is 0 Å². The molecule has 13 aromatic rings. The van der Waals surface area contributed by atoms with Gasteiger partial charge in [-0.05, 0) is 148 Å². The Hall–Kier alpha value is -9.61. The third kappa shape index (κ3) is 10.4. The van der Waals surface area contributed by atoms with Crippen LogP contribution in [0.3, 0.4) is 0 Å². The summed E-state index contributed by atoms with van der Waals surface area (Å²) < 4.78 is 2.52. The van der Waals surface area contributed by atoms with E-state index in [0.29, 0.717) is 5.02 Å². The molecule has 5 heteroatoms. The number of rotatable bonds is 8. The molecular formula is C88H79BClN3. The summed E-state index contributed by atoms with van der Waals surface area (Å²) in [5.41, 5.74) is 29.9. The molecule has 15 rings (SSSR count). The molecule has 0 saturated heterocycles. The number of anilines is 6. The van der Waals surface area contributed by atoms with E-state index in [-0.39, 0.29) is 28.4 Å². The predicted molar refractivity (Wildman–Crippen MR) is 402 cm³/mol. The lowest BCUT2D eigenvalue weighted by atomic mass is 9.33. The molecule has 0 unspecified atom stereocenters. The molecule has 1 aromatic heterocycles. The Morgan fingerprint density at radius 3 is 1.05 bits per heavy atom. The maximum atomic E-state index is 8.04. The Morgan fingerprint density at radius 2 is 0.667 bits per heavy atom. The molecule has 2 aliphatic heterocycles. The topological polar surface area (TPSA) is 11.4 Å². The van der Waals surface area contributed by atoms with Crippen molar-refractivity contribution in [3.8, 4) is 61.3 Å². The molecule has 0 spiro atoms. The van der Waals surface area contributed by atoms with Crippen molar-refractivity contribution < 1.29 is 0 Å². The molecule has 3 heterocycles. The monoisotopic (exact) mass is 1220 g/mol. The SMILES string of the molecule is CC(C)(C)c1cc(-c2ccc3c(c2)N(c2c(-c4ccccc4)cccc2-c2ccccc2)c2cc(Cl)cc4c2B3c2ccc(-n3c5ccc(C(C)(C)C)cc5c5cc(C(C)(C)C)ccc53)cc2N4c2c(-c3ccccc3)cccc2-c2ccccc2)cc(C(C)(C)C)c1. The fraction of sp³-hybridized carbons (Fsp3) is 0.182. The average molecular weight is 1220 g/mol. The van der Waals surface area contributed by atoms with E-state index in [0.717, 1.165) is 89.9 Å². The van der Waals surface area contributed by atoms with Gasteiger partial charge in [0.25, 0.3) is 6.71 Å². The number of hydrogen-bond acceptors (Lipinski definition) is 2. The molecule has 93 heavy (non-hydrogen) atoms. The summed E-state index contributed by atoms with van der Waals surface area (Å²) in [7, 11) is 0. The van der Waals surface area contributed by atoms with E-state index in [9.17, 15) is 0 Å². The predicted octanol–water partition coefficient (Wildman–Crippen LogP) is 23.0. The second kappa shape index (κ2) is 22.3. The lowest BCUT2D eigenvalue weighted by Gasteiger charge is -2.46. The Balaban J connectivity index is 1.09. The molecule has 0 atom stereocenters. The van der Waals surface area contributed by atoms with Crippen LogP contribution in [0.4, 0.5) is 34.1 Å². The second-order valence-corrected chi connectivity index (χ2v) is 30.4. The Bertz CT molecular complexity index is 4850. The zero-order valence-electron chi connectivity index (χ0n) is 55.6. The smallest absolute Gasteiger partial charge is 0.252 e. The second-order valence-electron chi connectivity index (χ2n) is 29.9. The maximum Gasteiger partial charge on any atom is 0.252 e. The molecule has 12 aromatic carbocycles. The van der Waals surface area contributed by atoms with Crippen molar-refractivity contribution in [3.63, 3.8) is 0 Å². The van der Waals surface area contributed by atoms with Crippen LogP contribution < -0.4 is 26.2 Å². The molecule has 456 valence electrons. The summed E-state index contributed by atoms with van der Waals surface area (Å²) >= 11 is 8.04. The van der Waals surface area contributed by atoms with Crippen LogP contribution in [0, 0.1) is 0 Å². The molecule has 0 fully saturated rings. The highest BCUT2D eigenvalue weighted by Crippen LogP contribution is 2.54. The van der Waals surface area contributed by atoms with Crippen LogP contribution in [0.2, 0.25) is 5.02 Å². The third-order valence-corrected chi connectivity index (χ3v) is 19.9. The molecule has 0 bridgehead atoms. The highest BCUT2D eigenvalue weighted by Gasteiger charge is 2.46. The van der Waals surface area contributed by atoms with Crippen molar-refractivity contribution in [1.29, 1.82) is 0 Å². The highest BCUT2D eigenvalue weighted by atomic mass is 35.5. The van der Waals surface area contributed by atoms with Crippen molar-refractivity contribution in [3.05, 3.63) is 288 Å². The molecule has 0 amide bonds. The fourth-order valence-electron chi connectivity index (χ4n) is 14.6. The van der Waals surface area contributed by atoms with Crippen molar-refractivity contribution in [2.45, 2.75) is 105 Å². The minimum atomic E-state index is -0.228. The number of nitrogens with zero attached hydrogens (tertiary/aromatic N) is 3. The van der Waals surface area contributed by atoms with Crippen LogP contribution >= 0.6 is 11.6 Å². The first-order valence-electron chi connectivity index (χ1n) is 33.0. The largest absolute Gasteiger partial charge is 0.310 e.